The van der Waals surface area contributed by atoms with Crippen molar-refractivity contribution in [2.45, 2.75) is 0 Å². The number of aromatic amines is 1. The fourth-order valence-electron chi connectivity index (χ4n) is 0.558. The average molecular weight is 150 g/mol. The van der Waals surface area contributed by atoms with E-state index in [0.717, 1.165) is 6.07 Å². The summed E-state index contributed by atoms with van der Waals surface area (Å²) in [6.45, 7) is 0. The number of hydrogen-bond acceptors (Lipinski definition) is 3. The molecule has 2 N–H and O–H groups in total. The molecule has 0 aliphatic rings. The summed E-state index contributed by atoms with van der Waals surface area (Å²) in [7, 11) is 4.81. The first-order chi connectivity index (χ1) is 5.11. The number of H-pyrrole nitrogens is 1. The Bertz CT molecular complexity index is 278. The van der Waals surface area contributed by atoms with E-state index in [9.17, 15) is 9.59 Å². The van der Waals surface area contributed by atoms with Gasteiger partial charge in [-0.05, 0) is 0 Å². The van der Waals surface area contributed by atoms with E-state index in [4.69, 9.17) is 13.0 Å². The zero-order valence-corrected chi connectivity index (χ0v) is 5.37. The quantitative estimate of drug-likeness (QED) is 0.552. The second-order valence-electron chi connectivity index (χ2n) is 1.84. The maximum absolute atomic E-state index is 10.4. The molecule has 6 heteroatoms. The van der Waals surface area contributed by atoms with E-state index in [0.29, 0.717) is 0 Å². The summed E-state index contributed by atoms with van der Waals surface area (Å²) in [5, 5.41) is 13.8. The molecule has 1 aromatic rings. The number of carbonyl (C=O) groups excluding carboxylic acids is 1. The highest BCUT2D eigenvalue weighted by atomic mass is 16.4. The number of nitrogens with zero attached hydrogens (tertiary/aromatic N) is 1. The van der Waals surface area contributed by atoms with Crippen LogP contribution in [0.3, 0.4) is 0 Å². The second-order valence-corrected chi connectivity index (χ2v) is 1.84. The SMILES string of the molecule is [B]C(=O)c1cc(C(=O)O)[nH]n1. The van der Waals surface area contributed by atoms with E-state index in [1.165, 1.54) is 0 Å². The van der Waals surface area contributed by atoms with Gasteiger partial charge in [0.25, 0.3) is 0 Å². The Hall–Kier alpha value is -1.59. The van der Waals surface area contributed by atoms with Gasteiger partial charge >= 0.3 is 5.97 Å². The van der Waals surface area contributed by atoms with Crippen molar-refractivity contribution in [3.05, 3.63) is 17.5 Å². The molecule has 0 saturated heterocycles. The van der Waals surface area contributed by atoms with Crippen molar-refractivity contribution in [3.63, 3.8) is 0 Å². The van der Waals surface area contributed by atoms with Gasteiger partial charge in [-0.25, -0.2) is 4.79 Å². The molecule has 0 atom stereocenters. The van der Waals surface area contributed by atoms with E-state index in [-0.39, 0.29) is 11.4 Å². The van der Waals surface area contributed by atoms with Crippen molar-refractivity contribution in [1.29, 1.82) is 0 Å². The topological polar surface area (TPSA) is 83.0 Å². The van der Waals surface area contributed by atoms with Crippen LogP contribution in [0, 0.1) is 0 Å². The van der Waals surface area contributed by atoms with Gasteiger partial charge in [0.05, 0.1) is 0 Å². The molecule has 0 aliphatic carbocycles. The molecule has 54 valence electrons. The highest BCUT2D eigenvalue weighted by Crippen LogP contribution is 1.98. The molecule has 0 aliphatic heterocycles. The van der Waals surface area contributed by atoms with Crippen molar-refractivity contribution in [3.8, 4) is 0 Å². The van der Waals surface area contributed by atoms with Crippen LogP contribution < -0.4 is 0 Å². The smallest absolute Gasteiger partial charge is 0.353 e. The lowest BCUT2D eigenvalue weighted by atomic mass is 10.00. The first-order valence-corrected chi connectivity index (χ1v) is 2.70. The van der Waals surface area contributed by atoms with Crippen molar-refractivity contribution in [2.75, 3.05) is 0 Å². The van der Waals surface area contributed by atoms with E-state index in [1.54, 1.807) is 0 Å². The summed E-state index contributed by atoms with van der Waals surface area (Å²) in [5.41, 5.74) is -0.991. The summed E-state index contributed by atoms with van der Waals surface area (Å²) in [6, 6.07) is 1.07. The number of aromatic nitrogens is 2. The number of hydrogen-bond donors (Lipinski definition) is 2. The monoisotopic (exact) mass is 150 g/mol. The van der Waals surface area contributed by atoms with Crippen LogP contribution in [0.25, 0.3) is 0 Å². The molecule has 2 radical (unpaired) electrons. The molecule has 0 unspecified atom stereocenters. The third kappa shape index (κ3) is 1.46. The summed E-state index contributed by atoms with van der Waals surface area (Å²) >= 11 is 0. The fraction of sp³-hybridized carbons (Fsp3) is 0. The highest BCUT2D eigenvalue weighted by Gasteiger charge is 2.09. The number of carboxylic acid groups (broad SMARTS) is 1. The Kier molecular flexibility index (Phi) is 1.76. The summed E-state index contributed by atoms with van der Waals surface area (Å²) in [5.74, 6) is -1.18. The van der Waals surface area contributed by atoms with Gasteiger partial charge in [-0.1, -0.05) is 0 Å². The van der Waals surface area contributed by atoms with Crippen LogP contribution in [-0.4, -0.2) is 34.8 Å². The van der Waals surface area contributed by atoms with Gasteiger partial charge in [-0.3, -0.25) is 5.10 Å². The lowest BCUT2D eigenvalue weighted by molar-refractivity contribution is 0.0690. The second kappa shape index (κ2) is 2.57. The van der Waals surface area contributed by atoms with E-state index in [2.05, 4.69) is 10.2 Å². The third-order valence-electron chi connectivity index (χ3n) is 1.06. The summed E-state index contributed by atoms with van der Waals surface area (Å²) in [6.07, 6.45) is 0. The molecule has 0 aromatic carbocycles. The van der Waals surface area contributed by atoms with Crippen molar-refractivity contribution in [2.24, 2.45) is 0 Å². The lowest BCUT2D eigenvalue weighted by Gasteiger charge is -1.80. The van der Waals surface area contributed by atoms with Crippen LogP contribution in [0.5, 0.6) is 0 Å². The van der Waals surface area contributed by atoms with Gasteiger partial charge in [0, 0.05) is 6.07 Å². The number of nitrogens with one attached hydrogen (secondary N) is 1. The Morgan fingerprint density at radius 3 is 2.55 bits per heavy atom. The Balaban J connectivity index is 2.99. The van der Waals surface area contributed by atoms with Gasteiger partial charge < -0.3 is 9.90 Å². The van der Waals surface area contributed by atoms with E-state index >= 15 is 0 Å². The Morgan fingerprint density at radius 2 is 2.27 bits per heavy atom. The van der Waals surface area contributed by atoms with Gasteiger partial charge in [0.15, 0.2) is 7.85 Å². The van der Waals surface area contributed by atoms with Gasteiger partial charge in [-0.2, -0.15) is 5.10 Å². The molecule has 1 rings (SSSR count). The van der Waals surface area contributed by atoms with E-state index < -0.39 is 11.7 Å². The average Bonchev–Trinajstić information content (AvgIpc) is 2.33. The van der Waals surface area contributed by atoms with Gasteiger partial charge in [0.1, 0.15) is 17.1 Å². The molecular weight excluding hydrogens is 147 g/mol. The highest BCUT2D eigenvalue weighted by molar-refractivity contribution is 6.62. The third-order valence-corrected chi connectivity index (χ3v) is 1.06. The van der Waals surface area contributed by atoms with Crippen LogP contribution >= 0.6 is 0 Å². The zero-order chi connectivity index (χ0) is 8.43. The summed E-state index contributed by atoms with van der Waals surface area (Å²) < 4.78 is 0. The minimum absolute atomic E-state index is 0.0811. The standard InChI is InChI=1S/C5H3BN2O3/c6-4(9)2-1-3(5(10)11)8-7-2/h1H,(H,7,8)(H,10,11). The first-order valence-electron chi connectivity index (χ1n) is 2.70. The van der Waals surface area contributed by atoms with Crippen LogP contribution in [0.15, 0.2) is 6.07 Å². The first kappa shape index (κ1) is 7.52. The van der Waals surface area contributed by atoms with Crippen molar-refractivity contribution >= 4 is 19.5 Å². The Labute approximate surface area is 62.8 Å². The van der Waals surface area contributed by atoms with Crippen molar-refractivity contribution < 1.29 is 14.7 Å². The molecule has 0 fully saturated rings. The molecule has 0 spiro atoms. The summed E-state index contributed by atoms with van der Waals surface area (Å²) in [4.78, 5) is 20.6. The largest absolute Gasteiger partial charge is 0.477 e. The number of aromatic carboxylic acids is 1. The maximum atomic E-state index is 10.4. The predicted octanol–water partition coefficient (Wildman–Crippen LogP) is -0.583. The number of rotatable bonds is 2. The molecule has 1 aromatic heterocycles. The minimum Gasteiger partial charge on any atom is -0.477 e. The van der Waals surface area contributed by atoms with Crippen LogP contribution in [0.2, 0.25) is 0 Å². The van der Waals surface area contributed by atoms with Crippen LogP contribution in [0.1, 0.15) is 21.0 Å². The zero-order valence-electron chi connectivity index (χ0n) is 5.37. The minimum atomic E-state index is -1.18. The molecule has 1 heterocycles. The molecule has 11 heavy (non-hydrogen) atoms. The van der Waals surface area contributed by atoms with Gasteiger partial charge in [-0.15, -0.1) is 0 Å². The van der Waals surface area contributed by atoms with Crippen LogP contribution in [0.4, 0.5) is 0 Å². The number of carbonyl (C=O) groups is 2. The lowest BCUT2D eigenvalue weighted by Crippen LogP contribution is -1.97. The molecule has 0 amide bonds. The molecule has 0 bridgehead atoms. The maximum Gasteiger partial charge on any atom is 0.353 e. The molecule has 5 nitrogen and oxygen atoms in total. The van der Waals surface area contributed by atoms with Crippen LogP contribution in [-0.2, 0) is 0 Å². The number of carboxylic acids is 1. The fourth-order valence-corrected chi connectivity index (χ4v) is 0.558. The predicted molar refractivity (Wildman–Crippen MR) is 35.6 cm³/mol. The van der Waals surface area contributed by atoms with Crippen molar-refractivity contribution in [1.82, 2.24) is 10.2 Å². The Morgan fingerprint density at radius 1 is 1.64 bits per heavy atom. The van der Waals surface area contributed by atoms with E-state index in [1.807, 2.05) is 0 Å². The molecule has 0 saturated carbocycles. The van der Waals surface area contributed by atoms with Gasteiger partial charge in [0.2, 0.25) is 0 Å². The molecular formula is C5H3BN2O3. The normalized spacial score (nSPS) is 9.45.